The summed E-state index contributed by atoms with van der Waals surface area (Å²) in [5.74, 6) is 5.32. The normalized spacial score (nSPS) is 16.6. The lowest BCUT2D eigenvalue weighted by Gasteiger charge is -2.42. The molecule has 56 heavy (non-hydrogen) atoms. The van der Waals surface area contributed by atoms with Crippen molar-refractivity contribution in [3.05, 3.63) is 199 Å². The van der Waals surface area contributed by atoms with Crippen LogP contribution in [0.1, 0.15) is 12.5 Å². The number of benzene rings is 8. The van der Waals surface area contributed by atoms with Crippen LogP contribution in [0.3, 0.4) is 0 Å². The summed E-state index contributed by atoms with van der Waals surface area (Å²) in [6.45, 7) is 1.99. The smallest absolute Gasteiger partial charge is 0.265 e. The van der Waals surface area contributed by atoms with Gasteiger partial charge in [0.15, 0.2) is 0 Å². The molecule has 0 saturated heterocycles. The summed E-state index contributed by atoms with van der Waals surface area (Å²) in [4.78, 5) is 0. The van der Waals surface area contributed by atoms with Crippen molar-refractivity contribution in [2.75, 3.05) is 0 Å². The minimum Gasteiger partial charge on any atom is -0.486 e. The highest BCUT2D eigenvalue weighted by Crippen LogP contribution is 2.46. The molecule has 0 saturated carbocycles. The molecule has 0 spiro atoms. The first kappa shape index (κ1) is 32.5. The van der Waals surface area contributed by atoms with Gasteiger partial charge in [0.2, 0.25) is 0 Å². The molecule has 0 aromatic heterocycles. The van der Waals surface area contributed by atoms with Gasteiger partial charge in [-0.25, -0.2) is 0 Å². The van der Waals surface area contributed by atoms with E-state index in [1.54, 1.807) is 0 Å². The highest BCUT2D eigenvalue weighted by atomic mass is 16.5. The molecule has 8 aromatic carbocycles. The molecular formula is C51H35BO4. The van der Waals surface area contributed by atoms with Crippen molar-refractivity contribution in [1.29, 1.82) is 0 Å². The van der Waals surface area contributed by atoms with E-state index in [0.717, 1.165) is 78.9 Å². The van der Waals surface area contributed by atoms with Gasteiger partial charge in [0.25, 0.3) is 6.71 Å². The third-order valence-electron chi connectivity index (χ3n) is 11.4. The first-order valence-corrected chi connectivity index (χ1v) is 19.2. The van der Waals surface area contributed by atoms with Crippen molar-refractivity contribution >= 4 is 44.8 Å². The van der Waals surface area contributed by atoms with Crippen molar-refractivity contribution in [3.63, 3.8) is 0 Å². The third-order valence-corrected chi connectivity index (χ3v) is 11.4. The minimum absolute atomic E-state index is 0.0332. The van der Waals surface area contributed by atoms with Crippen LogP contribution in [0, 0.1) is 5.92 Å². The molecule has 0 fully saturated rings. The second-order valence-electron chi connectivity index (χ2n) is 14.8. The Balaban J connectivity index is 1.15. The molecule has 0 amide bonds. The van der Waals surface area contributed by atoms with Crippen LogP contribution >= 0.6 is 0 Å². The van der Waals surface area contributed by atoms with Crippen molar-refractivity contribution < 1.29 is 18.9 Å². The molecule has 11 rings (SSSR count). The molecule has 2 atom stereocenters. The van der Waals surface area contributed by atoms with Gasteiger partial charge in [-0.05, 0) is 116 Å². The van der Waals surface area contributed by atoms with Crippen molar-refractivity contribution in [1.82, 2.24) is 0 Å². The van der Waals surface area contributed by atoms with Gasteiger partial charge in [-0.2, -0.15) is 0 Å². The second-order valence-corrected chi connectivity index (χ2v) is 14.8. The lowest BCUT2D eigenvalue weighted by molar-refractivity contribution is 0.201. The van der Waals surface area contributed by atoms with E-state index in [1.807, 2.05) is 78.9 Å². The third kappa shape index (κ3) is 5.46. The van der Waals surface area contributed by atoms with E-state index in [4.69, 9.17) is 18.9 Å². The van der Waals surface area contributed by atoms with Gasteiger partial charge in [0.05, 0.1) is 0 Å². The summed E-state index contributed by atoms with van der Waals surface area (Å²) < 4.78 is 27.9. The lowest BCUT2D eigenvalue weighted by Crippen LogP contribution is -2.56. The average molecular weight is 723 g/mol. The largest absolute Gasteiger partial charge is 0.486 e. The van der Waals surface area contributed by atoms with Crippen molar-refractivity contribution in [3.8, 4) is 45.6 Å². The fraction of sp³-hybridized carbons (Fsp3) is 0.0588. The number of rotatable bonds is 6. The monoisotopic (exact) mass is 722 g/mol. The Morgan fingerprint density at radius 1 is 0.482 bits per heavy atom. The zero-order chi connectivity index (χ0) is 37.2. The summed E-state index contributed by atoms with van der Waals surface area (Å²) in [5.41, 5.74) is 7.37. The predicted molar refractivity (Wildman–Crippen MR) is 227 cm³/mol. The summed E-state index contributed by atoms with van der Waals surface area (Å²) >= 11 is 0. The van der Waals surface area contributed by atoms with E-state index in [1.165, 1.54) is 21.5 Å². The van der Waals surface area contributed by atoms with Crippen LogP contribution in [0.15, 0.2) is 193 Å². The van der Waals surface area contributed by atoms with E-state index in [2.05, 4.69) is 110 Å². The molecule has 0 radical (unpaired) electrons. The zero-order valence-corrected chi connectivity index (χ0v) is 30.7. The Labute approximate surface area is 326 Å². The Hall–Kier alpha value is -6.98. The number of hydrogen-bond acceptors (Lipinski definition) is 4. The Morgan fingerprint density at radius 2 is 1.09 bits per heavy atom. The molecule has 1 aliphatic carbocycles. The summed E-state index contributed by atoms with van der Waals surface area (Å²) in [6.07, 6.45) is 1.86. The number of ether oxygens (including phenoxy) is 4. The van der Waals surface area contributed by atoms with Gasteiger partial charge in [-0.15, -0.1) is 0 Å². The maximum Gasteiger partial charge on any atom is 0.265 e. The van der Waals surface area contributed by atoms with Crippen LogP contribution in [0.5, 0.6) is 34.5 Å². The van der Waals surface area contributed by atoms with Gasteiger partial charge in [-0.3, -0.25) is 0 Å². The number of allylic oxidation sites excluding steroid dienone is 1. The van der Waals surface area contributed by atoms with Gasteiger partial charge in [0, 0.05) is 16.8 Å². The first-order chi connectivity index (χ1) is 27.6. The molecule has 5 heteroatoms. The van der Waals surface area contributed by atoms with Crippen LogP contribution in [0.2, 0.25) is 0 Å². The first-order valence-electron chi connectivity index (χ1n) is 19.2. The van der Waals surface area contributed by atoms with Crippen LogP contribution in [-0.4, -0.2) is 12.8 Å². The highest BCUT2D eigenvalue weighted by Gasteiger charge is 2.49. The molecule has 266 valence electrons. The van der Waals surface area contributed by atoms with Crippen LogP contribution < -0.4 is 29.9 Å². The highest BCUT2D eigenvalue weighted by molar-refractivity contribution is 6.94. The summed E-state index contributed by atoms with van der Waals surface area (Å²) in [6, 6.07) is 60.8. The van der Waals surface area contributed by atoms with Crippen molar-refractivity contribution in [2.24, 2.45) is 5.92 Å². The molecule has 2 heterocycles. The van der Waals surface area contributed by atoms with E-state index < -0.39 is 0 Å². The standard InChI is InChI=1S/C51H35BO4/c1-32-42(38-26-24-34-14-9-11-16-36(34)28-38)31-47-50(51(32)54-41-19-6-3-7-20-41)52-48-43(21-12-22-44(48)56-47)55-46-30-39(37-25-23-33-13-8-10-15-35(33)27-37)29-45(49(46)52)53-40-17-4-2-5-18-40/h2-32,51H,1H3. The fourth-order valence-electron chi connectivity index (χ4n) is 8.73. The Bertz CT molecular complexity index is 2900. The van der Waals surface area contributed by atoms with Gasteiger partial charge in [-0.1, -0.05) is 122 Å². The maximum atomic E-state index is 7.13. The number of hydrogen-bond donors (Lipinski definition) is 0. The Kier molecular flexibility index (Phi) is 7.59. The summed E-state index contributed by atoms with van der Waals surface area (Å²) in [5, 5.41) is 4.78. The number of para-hydroxylation sites is 2. The number of fused-ring (bicyclic) bond motifs is 5. The second kappa shape index (κ2) is 13.1. The molecule has 8 aromatic rings. The van der Waals surface area contributed by atoms with E-state index in [9.17, 15) is 0 Å². The topological polar surface area (TPSA) is 36.9 Å². The molecule has 4 nitrogen and oxygen atoms in total. The van der Waals surface area contributed by atoms with Gasteiger partial charge in [0.1, 0.15) is 46.4 Å². The minimum atomic E-state index is -0.374. The Morgan fingerprint density at radius 3 is 1.80 bits per heavy atom. The van der Waals surface area contributed by atoms with Crippen LogP contribution in [-0.2, 0) is 0 Å². The molecule has 0 N–H and O–H groups in total. The lowest BCUT2D eigenvalue weighted by atomic mass is 9.32. The van der Waals surface area contributed by atoms with E-state index in [0.29, 0.717) is 0 Å². The quantitative estimate of drug-likeness (QED) is 0.160. The van der Waals surface area contributed by atoms with Crippen LogP contribution in [0.4, 0.5) is 0 Å². The molecule has 2 aliphatic heterocycles. The molecule has 3 aliphatic rings. The molecule has 0 bridgehead atoms. The predicted octanol–water partition coefficient (Wildman–Crippen LogP) is 11.5. The summed E-state index contributed by atoms with van der Waals surface area (Å²) in [7, 11) is 0. The van der Waals surface area contributed by atoms with E-state index >= 15 is 0 Å². The maximum absolute atomic E-state index is 7.13. The fourth-order valence-corrected chi connectivity index (χ4v) is 8.73. The SMILES string of the molecule is CC1C(c2ccc3ccccc3c2)=CC2=C(B3c4c(cccc4Oc4cc(-c5ccc6ccccc6c5)cc(Oc5ccccc5)c43)O2)C1Oc1ccccc1. The average Bonchev–Trinajstić information content (AvgIpc) is 3.24. The van der Waals surface area contributed by atoms with Crippen LogP contribution in [0.25, 0.3) is 38.2 Å². The van der Waals surface area contributed by atoms with E-state index in [-0.39, 0.29) is 18.7 Å². The van der Waals surface area contributed by atoms with Crippen molar-refractivity contribution in [2.45, 2.75) is 13.0 Å². The van der Waals surface area contributed by atoms with Gasteiger partial charge < -0.3 is 18.9 Å². The molecule has 2 unspecified atom stereocenters. The zero-order valence-electron chi connectivity index (χ0n) is 30.7. The molecular weight excluding hydrogens is 687 g/mol. The van der Waals surface area contributed by atoms with Gasteiger partial charge >= 0.3 is 0 Å².